The van der Waals surface area contributed by atoms with E-state index in [1.807, 2.05) is 30.5 Å². The van der Waals surface area contributed by atoms with Crippen LogP contribution in [-0.2, 0) is 6.54 Å². The van der Waals surface area contributed by atoms with Crippen LogP contribution in [0.5, 0.6) is 0 Å². The van der Waals surface area contributed by atoms with Crippen molar-refractivity contribution >= 4 is 22.2 Å². The van der Waals surface area contributed by atoms with E-state index in [0.29, 0.717) is 6.54 Å². The first kappa shape index (κ1) is 16.7. The van der Waals surface area contributed by atoms with Gasteiger partial charge >= 0.3 is 0 Å². The van der Waals surface area contributed by atoms with Crippen molar-refractivity contribution in [1.29, 1.82) is 0 Å². The number of aromatic amines is 1. The Balaban J connectivity index is 1.55. The second kappa shape index (κ2) is 6.94. The number of nitrogens with one attached hydrogen (secondary N) is 1. The Morgan fingerprint density at radius 2 is 1.86 bits per heavy atom. The van der Waals surface area contributed by atoms with Crippen molar-refractivity contribution in [3.63, 3.8) is 0 Å². The van der Waals surface area contributed by atoms with Crippen molar-refractivity contribution in [2.45, 2.75) is 6.54 Å². The van der Waals surface area contributed by atoms with Crippen molar-refractivity contribution < 1.29 is 0 Å². The molecule has 2 aromatic carbocycles. The molecule has 0 radical (unpaired) electrons. The SMILES string of the molecule is O=c1ccc(-c2ccc3cn[nH]c3c2)cn1Cc1ccccc1-c1ccsc1. The Bertz CT molecular complexity index is 1320. The lowest BCUT2D eigenvalue weighted by atomic mass is 10.0. The van der Waals surface area contributed by atoms with Gasteiger partial charge in [0.05, 0.1) is 18.3 Å². The van der Waals surface area contributed by atoms with Gasteiger partial charge in [-0.3, -0.25) is 9.89 Å². The summed E-state index contributed by atoms with van der Waals surface area (Å²) in [6, 6.07) is 20.0. The first-order valence-electron chi connectivity index (χ1n) is 9.02. The van der Waals surface area contributed by atoms with Crippen LogP contribution in [0.4, 0.5) is 0 Å². The highest BCUT2D eigenvalue weighted by Crippen LogP contribution is 2.27. The van der Waals surface area contributed by atoms with Crippen molar-refractivity contribution in [3.05, 3.63) is 99.7 Å². The summed E-state index contributed by atoms with van der Waals surface area (Å²) in [5.74, 6) is 0. The van der Waals surface area contributed by atoms with Crippen LogP contribution in [0.15, 0.2) is 88.6 Å². The van der Waals surface area contributed by atoms with Crippen LogP contribution in [0, 0.1) is 0 Å². The number of hydrogen-bond donors (Lipinski definition) is 1. The number of aromatic nitrogens is 3. The van der Waals surface area contributed by atoms with E-state index in [1.54, 1.807) is 28.2 Å². The van der Waals surface area contributed by atoms with Gasteiger partial charge in [-0.25, -0.2) is 0 Å². The van der Waals surface area contributed by atoms with Gasteiger partial charge in [-0.2, -0.15) is 16.4 Å². The average molecular weight is 383 g/mol. The number of H-pyrrole nitrogens is 1. The van der Waals surface area contributed by atoms with Gasteiger partial charge in [0, 0.05) is 17.6 Å². The first-order valence-corrected chi connectivity index (χ1v) is 9.97. The topological polar surface area (TPSA) is 50.7 Å². The number of pyridine rings is 1. The highest BCUT2D eigenvalue weighted by molar-refractivity contribution is 7.08. The second-order valence-corrected chi connectivity index (χ2v) is 7.51. The second-order valence-electron chi connectivity index (χ2n) is 6.73. The Morgan fingerprint density at radius 3 is 2.75 bits per heavy atom. The van der Waals surface area contributed by atoms with Gasteiger partial charge < -0.3 is 4.57 Å². The molecule has 0 atom stereocenters. The van der Waals surface area contributed by atoms with E-state index >= 15 is 0 Å². The molecule has 0 saturated heterocycles. The first-order chi connectivity index (χ1) is 13.8. The van der Waals surface area contributed by atoms with E-state index in [9.17, 15) is 4.79 Å². The minimum Gasteiger partial charge on any atom is -0.310 e. The van der Waals surface area contributed by atoms with Crippen molar-refractivity contribution in [2.24, 2.45) is 0 Å². The molecule has 0 bridgehead atoms. The van der Waals surface area contributed by atoms with Gasteiger partial charge in [-0.1, -0.05) is 36.4 Å². The molecule has 0 fully saturated rings. The summed E-state index contributed by atoms with van der Waals surface area (Å²) in [4.78, 5) is 12.5. The zero-order valence-corrected chi connectivity index (χ0v) is 15.8. The standard InChI is InChI=1S/C23H17N3OS/c27-23-8-7-18(16-5-6-17-12-24-25-22(17)11-16)13-26(23)14-19-3-1-2-4-21(19)20-9-10-28-15-20/h1-13,15H,14H2,(H,24,25). The van der Waals surface area contributed by atoms with Crippen LogP contribution in [0.1, 0.15) is 5.56 Å². The zero-order chi connectivity index (χ0) is 18.9. The van der Waals surface area contributed by atoms with Crippen LogP contribution in [0.25, 0.3) is 33.2 Å². The summed E-state index contributed by atoms with van der Waals surface area (Å²) in [7, 11) is 0. The summed E-state index contributed by atoms with van der Waals surface area (Å²) in [5.41, 5.74) is 6.52. The highest BCUT2D eigenvalue weighted by Gasteiger charge is 2.08. The summed E-state index contributed by atoms with van der Waals surface area (Å²) in [5, 5.41) is 12.4. The Hall–Kier alpha value is -3.44. The number of nitrogens with zero attached hydrogens (tertiary/aromatic N) is 2. The molecule has 0 aliphatic rings. The maximum atomic E-state index is 12.5. The fraction of sp³-hybridized carbons (Fsp3) is 0.0435. The molecule has 136 valence electrons. The molecule has 0 saturated carbocycles. The lowest BCUT2D eigenvalue weighted by Crippen LogP contribution is -2.19. The fourth-order valence-electron chi connectivity index (χ4n) is 3.48. The highest BCUT2D eigenvalue weighted by atomic mass is 32.1. The number of thiophene rings is 1. The lowest BCUT2D eigenvalue weighted by Gasteiger charge is -2.12. The predicted octanol–water partition coefficient (Wildman–Crippen LogP) is 5.17. The molecule has 0 aliphatic carbocycles. The molecule has 1 N–H and O–H groups in total. The molecule has 0 amide bonds. The molecule has 5 heteroatoms. The van der Waals surface area contributed by atoms with Crippen molar-refractivity contribution in [3.8, 4) is 22.3 Å². The third-order valence-corrected chi connectivity index (χ3v) is 5.63. The summed E-state index contributed by atoms with van der Waals surface area (Å²) >= 11 is 1.68. The van der Waals surface area contributed by atoms with E-state index in [-0.39, 0.29) is 5.56 Å². The number of fused-ring (bicyclic) bond motifs is 1. The smallest absolute Gasteiger partial charge is 0.250 e. The molecular formula is C23H17N3OS. The monoisotopic (exact) mass is 383 g/mol. The molecule has 0 aliphatic heterocycles. The summed E-state index contributed by atoms with van der Waals surface area (Å²) < 4.78 is 1.78. The van der Waals surface area contributed by atoms with Crippen molar-refractivity contribution in [2.75, 3.05) is 0 Å². The van der Waals surface area contributed by atoms with Crippen LogP contribution < -0.4 is 5.56 Å². The molecule has 4 nitrogen and oxygen atoms in total. The molecule has 3 heterocycles. The molecule has 28 heavy (non-hydrogen) atoms. The molecular weight excluding hydrogens is 366 g/mol. The Labute approximate surface area is 165 Å². The third-order valence-electron chi connectivity index (χ3n) is 4.95. The summed E-state index contributed by atoms with van der Waals surface area (Å²) in [6.07, 6.45) is 3.74. The number of rotatable bonds is 4. The van der Waals surface area contributed by atoms with Gasteiger partial charge in [-0.05, 0) is 56.8 Å². The van der Waals surface area contributed by atoms with Crippen LogP contribution in [0.2, 0.25) is 0 Å². The van der Waals surface area contributed by atoms with Gasteiger partial charge in [0.15, 0.2) is 0 Å². The number of hydrogen-bond acceptors (Lipinski definition) is 3. The summed E-state index contributed by atoms with van der Waals surface area (Å²) in [6.45, 7) is 0.533. The molecule has 0 spiro atoms. The van der Waals surface area contributed by atoms with Crippen LogP contribution >= 0.6 is 11.3 Å². The van der Waals surface area contributed by atoms with Gasteiger partial charge in [-0.15, -0.1) is 0 Å². The minimum atomic E-state index is -0.00788. The van der Waals surface area contributed by atoms with E-state index in [2.05, 4.69) is 51.3 Å². The minimum absolute atomic E-state index is 0.00788. The molecule has 3 aromatic heterocycles. The van der Waals surface area contributed by atoms with Crippen LogP contribution in [-0.4, -0.2) is 14.8 Å². The third kappa shape index (κ3) is 3.06. The molecule has 5 rings (SSSR count). The quantitative estimate of drug-likeness (QED) is 0.465. The van der Waals surface area contributed by atoms with Crippen LogP contribution in [0.3, 0.4) is 0 Å². The van der Waals surface area contributed by atoms with Gasteiger partial charge in [0.1, 0.15) is 0 Å². The van der Waals surface area contributed by atoms with E-state index in [1.165, 1.54) is 11.1 Å². The lowest BCUT2D eigenvalue weighted by molar-refractivity contribution is 0.762. The number of benzene rings is 2. The van der Waals surface area contributed by atoms with E-state index in [4.69, 9.17) is 0 Å². The van der Waals surface area contributed by atoms with Crippen molar-refractivity contribution in [1.82, 2.24) is 14.8 Å². The predicted molar refractivity (Wildman–Crippen MR) is 115 cm³/mol. The zero-order valence-electron chi connectivity index (χ0n) is 15.0. The largest absolute Gasteiger partial charge is 0.310 e. The maximum absolute atomic E-state index is 12.5. The van der Waals surface area contributed by atoms with E-state index in [0.717, 1.165) is 27.6 Å². The Morgan fingerprint density at radius 1 is 0.964 bits per heavy atom. The maximum Gasteiger partial charge on any atom is 0.250 e. The van der Waals surface area contributed by atoms with Gasteiger partial charge in [0.2, 0.25) is 0 Å². The molecule has 5 aromatic rings. The van der Waals surface area contributed by atoms with E-state index < -0.39 is 0 Å². The van der Waals surface area contributed by atoms with Gasteiger partial charge in [0.25, 0.3) is 5.56 Å². The normalized spacial score (nSPS) is 11.1. The average Bonchev–Trinajstić information content (AvgIpc) is 3.41. The molecule has 0 unspecified atom stereocenters. The Kier molecular flexibility index (Phi) is 4.14. The fourth-order valence-corrected chi connectivity index (χ4v) is 4.14.